The summed E-state index contributed by atoms with van der Waals surface area (Å²) in [5.41, 5.74) is 0.978. The first-order valence-corrected chi connectivity index (χ1v) is 8.60. The Balaban J connectivity index is 1.59. The van der Waals surface area contributed by atoms with Crippen LogP contribution in [0, 0.1) is 5.82 Å². The Hall–Kier alpha value is -1.69. The fraction of sp³-hybridized carbons (Fsp3) is 0.529. The lowest BCUT2D eigenvalue weighted by molar-refractivity contribution is -0.130. The van der Waals surface area contributed by atoms with Crippen molar-refractivity contribution >= 4 is 23.2 Å². The van der Waals surface area contributed by atoms with Gasteiger partial charge in [-0.2, -0.15) is 0 Å². The minimum Gasteiger partial charge on any atom is -0.363 e. The number of carbonyl (C=O) groups is 1. The van der Waals surface area contributed by atoms with Crippen LogP contribution in [0.4, 0.5) is 4.39 Å². The van der Waals surface area contributed by atoms with Crippen LogP contribution in [0.25, 0.3) is 0 Å². The predicted octanol–water partition coefficient (Wildman–Crippen LogP) is 2.58. The van der Waals surface area contributed by atoms with E-state index in [0.717, 1.165) is 50.9 Å². The first-order chi connectivity index (χ1) is 11.1. The van der Waals surface area contributed by atoms with E-state index in [0.29, 0.717) is 18.1 Å². The summed E-state index contributed by atoms with van der Waals surface area (Å²) in [5.74, 6) is 0.0389. The molecule has 126 valence electrons. The summed E-state index contributed by atoms with van der Waals surface area (Å²) in [6.07, 6.45) is 4.84. The monoisotopic (exact) mass is 337 g/mol. The lowest BCUT2D eigenvalue weighted by atomic mass is 10.2. The molecule has 1 aliphatic rings. The summed E-state index contributed by atoms with van der Waals surface area (Å²) in [7, 11) is 0. The smallest absolute Gasteiger partial charge is 0.222 e. The molecule has 4 nitrogen and oxygen atoms in total. The normalized spacial score (nSPS) is 15.2. The molecule has 2 N–H and O–H groups in total. The topological polar surface area (TPSA) is 44.4 Å². The average Bonchev–Trinajstić information content (AvgIpc) is 2.75. The molecule has 1 aromatic carbocycles. The van der Waals surface area contributed by atoms with Crippen LogP contribution in [0.3, 0.4) is 0 Å². The van der Waals surface area contributed by atoms with E-state index in [1.807, 2.05) is 4.90 Å². The largest absolute Gasteiger partial charge is 0.363 e. The highest BCUT2D eigenvalue weighted by Gasteiger charge is 2.15. The third kappa shape index (κ3) is 6.52. The maximum Gasteiger partial charge on any atom is 0.222 e. The highest BCUT2D eigenvalue weighted by molar-refractivity contribution is 7.80. The molecule has 0 aromatic heterocycles. The molecule has 1 heterocycles. The summed E-state index contributed by atoms with van der Waals surface area (Å²) >= 11 is 5.22. The summed E-state index contributed by atoms with van der Waals surface area (Å²) in [6.45, 7) is 2.97. The zero-order valence-corrected chi connectivity index (χ0v) is 14.1. The van der Waals surface area contributed by atoms with Crippen LogP contribution < -0.4 is 10.6 Å². The number of rotatable bonds is 6. The van der Waals surface area contributed by atoms with Gasteiger partial charge in [-0.1, -0.05) is 18.6 Å². The minimum atomic E-state index is -0.238. The Kier molecular flexibility index (Phi) is 7.26. The van der Waals surface area contributed by atoms with E-state index in [2.05, 4.69) is 10.6 Å². The van der Waals surface area contributed by atoms with Gasteiger partial charge in [-0.3, -0.25) is 4.79 Å². The third-order valence-corrected chi connectivity index (χ3v) is 4.22. The number of nitrogens with zero attached hydrogens (tertiary/aromatic N) is 1. The van der Waals surface area contributed by atoms with Gasteiger partial charge in [-0.25, -0.2) is 4.39 Å². The van der Waals surface area contributed by atoms with Gasteiger partial charge >= 0.3 is 0 Å². The molecule has 1 amide bonds. The summed E-state index contributed by atoms with van der Waals surface area (Å²) in [4.78, 5) is 13.8. The molecule has 0 saturated carbocycles. The lowest BCUT2D eigenvalue weighted by Gasteiger charge is -2.20. The van der Waals surface area contributed by atoms with Gasteiger partial charge in [0, 0.05) is 32.6 Å². The van der Waals surface area contributed by atoms with Crippen molar-refractivity contribution in [2.45, 2.75) is 38.6 Å². The Morgan fingerprint density at radius 3 is 2.74 bits per heavy atom. The molecule has 0 bridgehead atoms. The second-order valence-corrected chi connectivity index (χ2v) is 6.19. The standard InChI is InChI=1S/C17H24FN3OS/c18-15-8-6-14(7-9-15)13-20-17(23)19-10-4-12-21-11-3-1-2-5-16(21)22/h6-9H,1-5,10-13H2,(H2,19,20,23). The molecule has 0 atom stereocenters. The Morgan fingerprint density at radius 2 is 1.96 bits per heavy atom. The lowest BCUT2D eigenvalue weighted by Crippen LogP contribution is -2.37. The summed E-state index contributed by atoms with van der Waals surface area (Å²) in [6, 6.07) is 6.34. The Bertz CT molecular complexity index is 521. The van der Waals surface area contributed by atoms with Gasteiger partial charge in [-0.15, -0.1) is 0 Å². The van der Waals surface area contributed by atoms with E-state index in [9.17, 15) is 9.18 Å². The quantitative estimate of drug-likeness (QED) is 0.619. The van der Waals surface area contributed by atoms with Crippen molar-refractivity contribution in [2.24, 2.45) is 0 Å². The number of halogens is 1. The van der Waals surface area contributed by atoms with Crippen LogP contribution in [0.2, 0.25) is 0 Å². The van der Waals surface area contributed by atoms with Crippen molar-refractivity contribution in [3.05, 3.63) is 35.6 Å². The third-order valence-electron chi connectivity index (χ3n) is 3.93. The highest BCUT2D eigenvalue weighted by atomic mass is 32.1. The van der Waals surface area contributed by atoms with Gasteiger partial charge in [0.1, 0.15) is 5.82 Å². The van der Waals surface area contributed by atoms with Gasteiger partial charge in [0.15, 0.2) is 5.11 Å². The number of benzene rings is 1. The summed E-state index contributed by atoms with van der Waals surface area (Å²) < 4.78 is 12.8. The zero-order chi connectivity index (χ0) is 16.5. The fourth-order valence-corrected chi connectivity index (χ4v) is 2.77. The maximum absolute atomic E-state index is 12.8. The van der Waals surface area contributed by atoms with E-state index in [4.69, 9.17) is 12.2 Å². The SMILES string of the molecule is O=C1CCCCCN1CCCNC(=S)NCc1ccc(F)cc1. The van der Waals surface area contributed by atoms with E-state index in [-0.39, 0.29) is 11.7 Å². The molecule has 0 unspecified atom stereocenters. The number of likely N-dealkylation sites (tertiary alicyclic amines) is 1. The minimum absolute atomic E-state index is 0.238. The van der Waals surface area contributed by atoms with Gasteiger partial charge in [0.05, 0.1) is 0 Å². The molecule has 1 aromatic rings. The summed E-state index contributed by atoms with van der Waals surface area (Å²) in [5, 5.41) is 6.82. The molecule has 2 rings (SSSR count). The van der Waals surface area contributed by atoms with Crippen molar-refractivity contribution in [2.75, 3.05) is 19.6 Å². The maximum atomic E-state index is 12.8. The molecule has 0 radical (unpaired) electrons. The average molecular weight is 337 g/mol. The first kappa shape index (κ1) is 17.7. The van der Waals surface area contributed by atoms with Crippen LogP contribution in [-0.2, 0) is 11.3 Å². The van der Waals surface area contributed by atoms with E-state index < -0.39 is 0 Å². The number of hydrogen-bond donors (Lipinski definition) is 2. The zero-order valence-electron chi connectivity index (χ0n) is 13.3. The molecular weight excluding hydrogens is 313 g/mol. The molecule has 1 saturated heterocycles. The van der Waals surface area contributed by atoms with Crippen LogP contribution >= 0.6 is 12.2 Å². The second-order valence-electron chi connectivity index (χ2n) is 5.78. The number of hydrogen-bond acceptors (Lipinski definition) is 2. The van der Waals surface area contributed by atoms with Crippen LogP contribution in [0.1, 0.15) is 37.7 Å². The van der Waals surface area contributed by atoms with Gasteiger partial charge < -0.3 is 15.5 Å². The predicted molar refractivity (Wildman–Crippen MR) is 93.5 cm³/mol. The Morgan fingerprint density at radius 1 is 1.17 bits per heavy atom. The van der Waals surface area contributed by atoms with Gasteiger partial charge in [-0.05, 0) is 49.2 Å². The van der Waals surface area contributed by atoms with Crippen LogP contribution in [-0.4, -0.2) is 35.6 Å². The van der Waals surface area contributed by atoms with Gasteiger partial charge in [0.25, 0.3) is 0 Å². The van der Waals surface area contributed by atoms with Crippen LogP contribution in [0.5, 0.6) is 0 Å². The van der Waals surface area contributed by atoms with Crippen molar-refractivity contribution in [3.8, 4) is 0 Å². The van der Waals surface area contributed by atoms with E-state index in [1.54, 1.807) is 12.1 Å². The molecule has 0 aliphatic carbocycles. The molecule has 0 spiro atoms. The molecule has 1 fully saturated rings. The number of carbonyl (C=O) groups excluding carboxylic acids is 1. The van der Waals surface area contributed by atoms with Crippen molar-refractivity contribution in [1.29, 1.82) is 0 Å². The van der Waals surface area contributed by atoms with Crippen molar-refractivity contribution < 1.29 is 9.18 Å². The fourth-order valence-electron chi connectivity index (χ4n) is 2.59. The van der Waals surface area contributed by atoms with Crippen molar-refractivity contribution in [3.63, 3.8) is 0 Å². The van der Waals surface area contributed by atoms with E-state index in [1.165, 1.54) is 12.1 Å². The molecular formula is C17H24FN3OS. The molecule has 23 heavy (non-hydrogen) atoms. The second kappa shape index (κ2) is 9.45. The number of amides is 1. The number of thiocarbonyl (C=S) groups is 1. The highest BCUT2D eigenvalue weighted by Crippen LogP contribution is 2.11. The first-order valence-electron chi connectivity index (χ1n) is 8.19. The Labute approximate surface area is 142 Å². The molecule has 1 aliphatic heterocycles. The molecule has 6 heteroatoms. The van der Waals surface area contributed by atoms with Gasteiger partial charge in [0.2, 0.25) is 5.91 Å². The van der Waals surface area contributed by atoms with E-state index >= 15 is 0 Å². The number of nitrogens with one attached hydrogen (secondary N) is 2. The van der Waals surface area contributed by atoms with Crippen LogP contribution in [0.15, 0.2) is 24.3 Å². The van der Waals surface area contributed by atoms with Crippen molar-refractivity contribution in [1.82, 2.24) is 15.5 Å².